The molecule has 0 spiro atoms. The molecule has 1 fully saturated rings. The van der Waals surface area contributed by atoms with Gasteiger partial charge in [-0.2, -0.15) is 18.3 Å². The van der Waals surface area contributed by atoms with E-state index < -0.39 is 11.7 Å². The van der Waals surface area contributed by atoms with Crippen LogP contribution in [0.15, 0.2) is 23.4 Å². The number of ether oxygens (including phenoxy) is 1. The van der Waals surface area contributed by atoms with Crippen LogP contribution in [-0.2, 0) is 15.7 Å². The molecule has 1 saturated heterocycles. The number of carbonyl (C=O) groups is 1. The molecule has 1 amide bonds. The molecule has 1 atom stereocenters. The van der Waals surface area contributed by atoms with E-state index in [2.05, 4.69) is 25.5 Å². The highest BCUT2D eigenvalue weighted by molar-refractivity contribution is 5.76. The van der Waals surface area contributed by atoms with Crippen LogP contribution in [0, 0.1) is 6.92 Å². The second kappa shape index (κ2) is 10.7. The lowest BCUT2D eigenvalue weighted by atomic mass is 9.95. The van der Waals surface area contributed by atoms with Gasteiger partial charge in [-0.3, -0.25) is 9.59 Å². The highest BCUT2D eigenvalue weighted by Gasteiger charge is 2.32. The second-order valence-electron chi connectivity index (χ2n) is 8.09. The molecule has 9 nitrogen and oxygen atoms in total. The monoisotopic (exact) mass is 468 g/mol. The number of aromatic nitrogens is 4. The summed E-state index contributed by atoms with van der Waals surface area (Å²) in [5.41, 5.74) is 0.0444. The van der Waals surface area contributed by atoms with E-state index in [9.17, 15) is 22.8 Å². The van der Waals surface area contributed by atoms with Crippen molar-refractivity contribution >= 4 is 11.6 Å². The average Bonchev–Trinajstić information content (AvgIpc) is 2.79. The number of hydrogen-bond donors (Lipinski definition) is 2. The zero-order valence-corrected chi connectivity index (χ0v) is 18.5. The third-order valence-corrected chi connectivity index (χ3v) is 5.55. The van der Waals surface area contributed by atoms with Gasteiger partial charge < -0.3 is 15.0 Å². The number of anilines is 1. The van der Waals surface area contributed by atoms with Gasteiger partial charge in [0.1, 0.15) is 5.82 Å². The van der Waals surface area contributed by atoms with E-state index >= 15 is 0 Å². The normalized spacial score (nSPS) is 16.0. The van der Waals surface area contributed by atoms with E-state index in [1.165, 1.54) is 6.20 Å². The predicted octanol–water partition coefficient (Wildman–Crippen LogP) is 2.50. The minimum absolute atomic E-state index is 0.0305. The molecule has 0 aliphatic carbocycles. The minimum atomic E-state index is -4.46. The summed E-state index contributed by atoms with van der Waals surface area (Å²) >= 11 is 0. The first kappa shape index (κ1) is 24.6. The number of rotatable bonds is 8. The fourth-order valence-electron chi connectivity index (χ4n) is 3.57. The van der Waals surface area contributed by atoms with Crippen LogP contribution in [0.3, 0.4) is 0 Å². The minimum Gasteiger partial charge on any atom is -0.379 e. The van der Waals surface area contributed by atoms with Gasteiger partial charge in [-0.15, -0.1) is 0 Å². The van der Waals surface area contributed by atoms with Gasteiger partial charge in [0.15, 0.2) is 0 Å². The molecule has 3 heterocycles. The molecule has 1 aliphatic heterocycles. The van der Waals surface area contributed by atoms with Gasteiger partial charge in [0, 0.05) is 43.0 Å². The number of nitrogens with zero attached hydrogens (tertiary/aromatic N) is 4. The average molecular weight is 468 g/mol. The number of hydrogen-bond acceptors (Lipinski definition) is 7. The fourth-order valence-corrected chi connectivity index (χ4v) is 3.57. The Bertz CT molecular complexity index is 988. The maximum Gasteiger partial charge on any atom is 0.419 e. The smallest absolute Gasteiger partial charge is 0.379 e. The lowest BCUT2D eigenvalue weighted by Gasteiger charge is -2.31. The zero-order valence-electron chi connectivity index (χ0n) is 18.5. The van der Waals surface area contributed by atoms with Crippen molar-refractivity contribution in [1.29, 1.82) is 0 Å². The standard InChI is InChI=1S/C21H27F3N6O3/c1-13(28-17-11-27-29-20(32)14(17)2)12-33-8-5-18(31)30-6-3-15(4-7-30)19-25-9-16(10-26-19)21(22,23)24/h9-11,13,15H,3-8,12H2,1-2H3,(H2,28,29,32)/t13-/m0/s1. The summed E-state index contributed by atoms with van der Waals surface area (Å²) in [7, 11) is 0. The largest absolute Gasteiger partial charge is 0.419 e. The van der Waals surface area contributed by atoms with Crippen LogP contribution in [-0.4, -0.2) is 63.3 Å². The third-order valence-electron chi connectivity index (χ3n) is 5.55. The van der Waals surface area contributed by atoms with E-state index in [0.29, 0.717) is 49.6 Å². The van der Waals surface area contributed by atoms with Crippen molar-refractivity contribution in [3.63, 3.8) is 0 Å². The van der Waals surface area contributed by atoms with Gasteiger partial charge in [-0.05, 0) is 26.7 Å². The van der Waals surface area contributed by atoms with Crippen LogP contribution in [0.4, 0.5) is 18.9 Å². The first-order chi connectivity index (χ1) is 15.6. The summed E-state index contributed by atoms with van der Waals surface area (Å²) < 4.78 is 43.5. The van der Waals surface area contributed by atoms with Crippen LogP contribution < -0.4 is 10.9 Å². The maximum atomic E-state index is 12.6. The third kappa shape index (κ3) is 6.73. The lowest BCUT2D eigenvalue weighted by Crippen LogP contribution is -2.38. The van der Waals surface area contributed by atoms with Gasteiger partial charge in [0.05, 0.1) is 37.1 Å². The molecule has 12 heteroatoms. The van der Waals surface area contributed by atoms with Crippen LogP contribution >= 0.6 is 0 Å². The predicted molar refractivity (Wildman–Crippen MR) is 114 cm³/mol. The summed E-state index contributed by atoms with van der Waals surface area (Å²) in [5, 5.41) is 9.28. The molecular weight excluding hydrogens is 441 g/mol. The summed E-state index contributed by atoms with van der Waals surface area (Å²) in [6, 6.07) is -0.0816. The van der Waals surface area contributed by atoms with Crippen molar-refractivity contribution in [3.8, 4) is 0 Å². The molecule has 0 bridgehead atoms. The van der Waals surface area contributed by atoms with E-state index in [4.69, 9.17) is 4.74 Å². The van der Waals surface area contributed by atoms with Gasteiger partial charge in [0.2, 0.25) is 5.91 Å². The highest BCUT2D eigenvalue weighted by atomic mass is 19.4. The molecule has 2 N–H and O–H groups in total. The van der Waals surface area contributed by atoms with Crippen LogP contribution in [0.1, 0.15) is 49.1 Å². The molecule has 0 unspecified atom stereocenters. The van der Waals surface area contributed by atoms with E-state index in [-0.39, 0.29) is 36.5 Å². The van der Waals surface area contributed by atoms with Crippen LogP contribution in [0.5, 0.6) is 0 Å². The molecule has 33 heavy (non-hydrogen) atoms. The van der Waals surface area contributed by atoms with E-state index in [1.54, 1.807) is 11.8 Å². The van der Waals surface area contributed by atoms with Gasteiger partial charge in [0.25, 0.3) is 5.56 Å². The number of halogens is 3. The number of carbonyl (C=O) groups excluding carboxylic acids is 1. The Morgan fingerprint density at radius 3 is 2.58 bits per heavy atom. The summed E-state index contributed by atoms with van der Waals surface area (Å²) in [6.07, 6.45) is 0.128. The van der Waals surface area contributed by atoms with Crippen molar-refractivity contribution in [2.24, 2.45) is 0 Å². The van der Waals surface area contributed by atoms with Crippen molar-refractivity contribution in [3.05, 3.63) is 45.9 Å². The fraction of sp³-hybridized carbons (Fsp3) is 0.571. The molecular formula is C21H27F3N6O3. The highest BCUT2D eigenvalue weighted by Crippen LogP contribution is 2.30. The number of aromatic amines is 1. The van der Waals surface area contributed by atoms with E-state index in [1.807, 2.05) is 6.92 Å². The summed E-state index contributed by atoms with van der Waals surface area (Å²) in [6.45, 7) is 5.21. The second-order valence-corrected chi connectivity index (χ2v) is 8.09. The maximum absolute atomic E-state index is 12.6. The number of H-pyrrole nitrogens is 1. The Hall–Kier alpha value is -3.02. The van der Waals surface area contributed by atoms with Gasteiger partial charge in [-0.25, -0.2) is 15.1 Å². The number of piperidine rings is 1. The summed E-state index contributed by atoms with van der Waals surface area (Å²) in [4.78, 5) is 33.5. The van der Waals surface area contributed by atoms with E-state index in [0.717, 1.165) is 12.4 Å². The molecule has 0 aromatic carbocycles. The summed E-state index contributed by atoms with van der Waals surface area (Å²) in [5.74, 6) is 0.283. The first-order valence-corrected chi connectivity index (χ1v) is 10.7. The van der Waals surface area contributed by atoms with Crippen molar-refractivity contribution in [2.45, 2.75) is 51.2 Å². The topological polar surface area (TPSA) is 113 Å². The molecule has 3 rings (SSSR count). The van der Waals surface area contributed by atoms with Crippen molar-refractivity contribution in [1.82, 2.24) is 25.1 Å². The van der Waals surface area contributed by atoms with Gasteiger partial charge >= 0.3 is 6.18 Å². The number of likely N-dealkylation sites (tertiary alicyclic amines) is 1. The number of amides is 1. The zero-order chi connectivity index (χ0) is 24.0. The molecule has 0 radical (unpaired) electrons. The molecule has 180 valence electrons. The Morgan fingerprint density at radius 2 is 1.94 bits per heavy atom. The van der Waals surface area contributed by atoms with Crippen molar-refractivity contribution in [2.75, 3.05) is 31.6 Å². The molecule has 0 saturated carbocycles. The van der Waals surface area contributed by atoms with Gasteiger partial charge in [-0.1, -0.05) is 0 Å². The first-order valence-electron chi connectivity index (χ1n) is 10.7. The number of alkyl halides is 3. The Morgan fingerprint density at radius 1 is 1.27 bits per heavy atom. The quantitative estimate of drug-likeness (QED) is 0.573. The van der Waals surface area contributed by atoms with Crippen LogP contribution in [0.25, 0.3) is 0 Å². The molecule has 2 aromatic heterocycles. The Kier molecular flexibility index (Phi) is 8.01. The molecule has 1 aliphatic rings. The lowest BCUT2D eigenvalue weighted by molar-refractivity contribution is -0.138. The molecule has 2 aromatic rings. The SMILES string of the molecule is Cc1c(N[C@@H](C)COCCC(=O)N2CCC(c3ncc(C(F)(F)F)cn3)CC2)cn[nH]c1=O. The number of nitrogens with one attached hydrogen (secondary N) is 2. The van der Waals surface area contributed by atoms with Crippen molar-refractivity contribution < 1.29 is 22.7 Å². The Balaban J connectivity index is 1.36. The Labute approximate surface area is 188 Å². The van der Waals surface area contributed by atoms with Crippen LogP contribution in [0.2, 0.25) is 0 Å².